The lowest BCUT2D eigenvalue weighted by Crippen LogP contribution is -2.44. The molecular weight excluding hydrogens is 308 g/mol. The molecule has 0 saturated carbocycles. The Morgan fingerprint density at radius 1 is 0.750 bits per heavy atom. The summed E-state index contributed by atoms with van der Waals surface area (Å²) in [6.45, 7) is 10.6. The summed E-state index contributed by atoms with van der Waals surface area (Å²) in [5, 5.41) is 0. The van der Waals surface area contributed by atoms with E-state index in [1.807, 2.05) is 13.8 Å². The van der Waals surface area contributed by atoms with Crippen molar-refractivity contribution in [3.63, 3.8) is 0 Å². The second-order valence-electron chi connectivity index (χ2n) is 6.74. The topological polar surface area (TPSA) is 59.1 Å². The van der Waals surface area contributed by atoms with E-state index in [-0.39, 0.29) is 23.8 Å². The van der Waals surface area contributed by atoms with Crippen LogP contribution in [0.1, 0.15) is 39.5 Å². The van der Waals surface area contributed by atoms with Crippen molar-refractivity contribution in [2.45, 2.75) is 39.5 Å². The van der Waals surface area contributed by atoms with E-state index in [4.69, 9.17) is 9.47 Å². The highest BCUT2D eigenvalue weighted by molar-refractivity contribution is 5.72. The van der Waals surface area contributed by atoms with E-state index in [1.165, 1.54) is 0 Å². The van der Waals surface area contributed by atoms with E-state index in [0.29, 0.717) is 13.2 Å². The van der Waals surface area contributed by atoms with Gasteiger partial charge in [0.05, 0.1) is 25.0 Å². The van der Waals surface area contributed by atoms with Crippen LogP contribution < -0.4 is 0 Å². The Labute approximate surface area is 145 Å². The van der Waals surface area contributed by atoms with Crippen molar-refractivity contribution in [2.24, 2.45) is 11.8 Å². The van der Waals surface area contributed by atoms with Crippen molar-refractivity contribution in [1.29, 1.82) is 0 Å². The molecular formula is C18H32N2O4. The summed E-state index contributed by atoms with van der Waals surface area (Å²) in [5.74, 6) is 0.111. The highest BCUT2D eigenvalue weighted by Gasteiger charge is 2.28. The molecule has 0 atom stereocenters. The maximum Gasteiger partial charge on any atom is 0.309 e. The molecule has 0 N–H and O–H groups in total. The third-order valence-electron chi connectivity index (χ3n) is 5.15. The average molecular weight is 340 g/mol. The van der Waals surface area contributed by atoms with Gasteiger partial charge in [-0.1, -0.05) is 0 Å². The molecule has 138 valence electrons. The number of hydrogen-bond acceptors (Lipinski definition) is 6. The molecule has 0 aromatic carbocycles. The lowest BCUT2D eigenvalue weighted by Gasteiger charge is -2.35. The highest BCUT2D eigenvalue weighted by atomic mass is 16.5. The summed E-state index contributed by atoms with van der Waals surface area (Å²) in [6.07, 6.45) is 3.63. The first-order valence-corrected chi connectivity index (χ1v) is 9.42. The number of esters is 2. The monoisotopic (exact) mass is 340 g/mol. The average Bonchev–Trinajstić information content (AvgIpc) is 2.61. The smallest absolute Gasteiger partial charge is 0.309 e. The van der Waals surface area contributed by atoms with Crippen LogP contribution in [0.5, 0.6) is 0 Å². The van der Waals surface area contributed by atoms with Crippen LogP contribution >= 0.6 is 0 Å². The number of piperidine rings is 2. The van der Waals surface area contributed by atoms with Gasteiger partial charge < -0.3 is 19.3 Å². The van der Waals surface area contributed by atoms with E-state index >= 15 is 0 Å². The third kappa shape index (κ3) is 5.74. The number of carbonyl (C=O) groups is 2. The summed E-state index contributed by atoms with van der Waals surface area (Å²) < 4.78 is 10.2. The maximum absolute atomic E-state index is 11.8. The van der Waals surface area contributed by atoms with Gasteiger partial charge in [-0.2, -0.15) is 0 Å². The van der Waals surface area contributed by atoms with Crippen molar-refractivity contribution in [3.8, 4) is 0 Å². The van der Waals surface area contributed by atoms with Crippen LogP contribution in [0.2, 0.25) is 0 Å². The number of carbonyl (C=O) groups excluding carboxylic acids is 2. The fourth-order valence-corrected chi connectivity index (χ4v) is 3.59. The second-order valence-corrected chi connectivity index (χ2v) is 6.74. The predicted octanol–water partition coefficient (Wildman–Crippen LogP) is 1.54. The minimum Gasteiger partial charge on any atom is -0.466 e. The van der Waals surface area contributed by atoms with Gasteiger partial charge in [0, 0.05) is 13.1 Å². The molecule has 0 aromatic rings. The first kappa shape index (κ1) is 19.2. The van der Waals surface area contributed by atoms with Crippen molar-refractivity contribution < 1.29 is 19.1 Å². The zero-order valence-electron chi connectivity index (χ0n) is 15.2. The molecule has 24 heavy (non-hydrogen) atoms. The molecule has 2 aliphatic heterocycles. The summed E-state index contributed by atoms with van der Waals surface area (Å²) in [6, 6.07) is 0. The molecule has 6 heteroatoms. The Kier molecular flexibility index (Phi) is 7.99. The Bertz CT molecular complexity index is 362. The van der Waals surface area contributed by atoms with Crippen LogP contribution in [0.4, 0.5) is 0 Å². The summed E-state index contributed by atoms with van der Waals surface area (Å²) in [5.41, 5.74) is 0. The van der Waals surface area contributed by atoms with Gasteiger partial charge in [-0.25, -0.2) is 0 Å². The molecule has 0 spiro atoms. The van der Waals surface area contributed by atoms with Gasteiger partial charge in [0.15, 0.2) is 0 Å². The van der Waals surface area contributed by atoms with E-state index in [1.54, 1.807) is 0 Å². The SMILES string of the molecule is CCOC(=O)C1CCN(CCN2CCC(C(=O)OCC)CC2)CC1. The standard InChI is InChI=1S/C18H32N2O4/c1-3-23-17(21)15-5-9-19(10-6-15)13-14-20-11-7-16(8-12-20)18(22)24-4-2/h15-16H,3-14H2,1-2H3. The Morgan fingerprint density at radius 2 is 1.08 bits per heavy atom. The molecule has 0 amide bonds. The fraction of sp³-hybridized carbons (Fsp3) is 0.889. The zero-order valence-corrected chi connectivity index (χ0v) is 15.2. The molecule has 2 aliphatic rings. The normalized spacial score (nSPS) is 21.6. The first-order valence-electron chi connectivity index (χ1n) is 9.42. The van der Waals surface area contributed by atoms with Crippen LogP contribution in [0, 0.1) is 11.8 Å². The minimum atomic E-state index is -0.0295. The molecule has 6 nitrogen and oxygen atoms in total. The molecule has 0 bridgehead atoms. The number of rotatable bonds is 7. The number of ether oxygens (including phenoxy) is 2. The van der Waals surface area contributed by atoms with Crippen molar-refractivity contribution >= 4 is 11.9 Å². The fourth-order valence-electron chi connectivity index (χ4n) is 3.59. The van der Waals surface area contributed by atoms with Crippen LogP contribution in [-0.4, -0.2) is 74.2 Å². The van der Waals surface area contributed by atoms with Crippen LogP contribution in [-0.2, 0) is 19.1 Å². The van der Waals surface area contributed by atoms with Gasteiger partial charge in [-0.15, -0.1) is 0 Å². The molecule has 2 rings (SSSR count). The van der Waals surface area contributed by atoms with Gasteiger partial charge in [0.2, 0.25) is 0 Å². The second kappa shape index (κ2) is 9.99. The Balaban J connectivity index is 1.60. The number of likely N-dealkylation sites (tertiary alicyclic amines) is 2. The zero-order chi connectivity index (χ0) is 17.4. The number of hydrogen-bond donors (Lipinski definition) is 0. The summed E-state index contributed by atoms with van der Waals surface area (Å²) in [7, 11) is 0. The van der Waals surface area contributed by atoms with Gasteiger partial charge in [-0.05, 0) is 65.7 Å². The quantitative estimate of drug-likeness (QED) is 0.655. The molecule has 2 heterocycles. The Morgan fingerprint density at radius 3 is 1.38 bits per heavy atom. The van der Waals surface area contributed by atoms with E-state index < -0.39 is 0 Å². The van der Waals surface area contributed by atoms with Crippen molar-refractivity contribution in [1.82, 2.24) is 9.80 Å². The van der Waals surface area contributed by atoms with E-state index in [9.17, 15) is 9.59 Å². The highest BCUT2D eigenvalue weighted by Crippen LogP contribution is 2.20. The van der Waals surface area contributed by atoms with Crippen LogP contribution in [0.25, 0.3) is 0 Å². The molecule has 2 fully saturated rings. The molecule has 0 aromatic heterocycles. The van der Waals surface area contributed by atoms with Crippen LogP contribution in [0.15, 0.2) is 0 Å². The van der Waals surface area contributed by atoms with Gasteiger partial charge in [0.25, 0.3) is 0 Å². The van der Waals surface area contributed by atoms with Gasteiger partial charge in [-0.3, -0.25) is 9.59 Å². The first-order chi connectivity index (χ1) is 11.6. The van der Waals surface area contributed by atoms with Gasteiger partial charge >= 0.3 is 11.9 Å². The lowest BCUT2D eigenvalue weighted by atomic mass is 9.96. The molecule has 0 unspecified atom stereocenters. The maximum atomic E-state index is 11.8. The lowest BCUT2D eigenvalue weighted by molar-refractivity contribution is -0.150. The summed E-state index contributed by atoms with van der Waals surface area (Å²) in [4.78, 5) is 28.4. The van der Waals surface area contributed by atoms with Crippen molar-refractivity contribution in [3.05, 3.63) is 0 Å². The van der Waals surface area contributed by atoms with Gasteiger partial charge in [0.1, 0.15) is 0 Å². The minimum absolute atomic E-state index is 0.0295. The molecule has 2 saturated heterocycles. The van der Waals surface area contributed by atoms with E-state index in [2.05, 4.69) is 9.80 Å². The largest absolute Gasteiger partial charge is 0.466 e. The van der Waals surface area contributed by atoms with Crippen molar-refractivity contribution in [2.75, 3.05) is 52.5 Å². The molecule has 0 aliphatic carbocycles. The summed E-state index contributed by atoms with van der Waals surface area (Å²) >= 11 is 0. The third-order valence-corrected chi connectivity index (χ3v) is 5.15. The van der Waals surface area contributed by atoms with Crippen LogP contribution in [0.3, 0.4) is 0 Å². The molecule has 0 radical (unpaired) electrons. The van der Waals surface area contributed by atoms with E-state index in [0.717, 1.165) is 65.0 Å². The number of nitrogens with zero attached hydrogens (tertiary/aromatic N) is 2. The Hall–Kier alpha value is -1.14. The predicted molar refractivity (Wildman–Crippen MR) is 91.6 cm³/mol.